The molecule has 0 spiro atoms. The molecule has 0 radical (unpaired) electrons. The number of carbonyl (C=O) groups excluding carboxylic acids is 2. The number of rotatable bonds is 9. The van der Waals surface area contributed by atoms with Gasteiger partial charge in [-0.25, -0.2) is 10.0 Å². The predicted molar refractivity (Wildman–Crippen MR) is 126 cm³/mol. The molecule has 1 N–H and O–H groups in total. The maximum absolute atomic E-state index is 12.8. The van der Waals surface area contributed by atoms with E-state index in [0.29, 0.717) is 23.9 Å². The van der Waals surface area contributed by atoms with Gasteiger partial charge in [0.1, 0.15) is 12.5 Å². The van der Waals surface area contributed by atoms with Crippen molar-refractivity contribution in [3.05, 3.63) is 72.5 Å². The third kappa shape index (κ3) is 6.91. The molecule has 170 valence electrons. The second-order valence-corrected chi connectivity index (χ2v) is 7.89. The van der Waals surface area contributed by atoms with Gasteiger partial charge in [0, 0.05) is 38.1 Å². The van der Waals surface area contributed by atoms with Gasteiger partial charge in [-0.1, -0.05) is 49.6 Å². The van der Waals surface area contributed by atoms with Crippen molar-refractivity contribution in [1.29, 1.82) is 0 Å². The van der Waals surface area contributed by atoms with Crippen molar-refractivity contribution in [2.24, 2.45) is 0 Å². The minimum Gasteiger partial charge on any atom is -0.497 e. The highest BCUT2D eigenvalue weighted by Gasteiger charge is 2.37. The van der Waals surface area contributed by atoms with Crippen LogP contribution in [0.2, 0.25) is 0 Å². The van der Waals surface area contributed by atoms with Crippen molar-refractivity contribution in [1.82, 2.24) is 15.3 Å². The van der Waals surface area contributed by atoms with E-state index >= 15 is 0 Å². The van der Waals surface area contributed by atoms with Gasteiger partial charge >= 0.3 is 0 Å². The average molecular weight is 428 g/mol. The van der Waals surface area contributed by atoms with E-state index < -0.39 is 0 Å². The van der Waals surface area contributed by atoms with Crippen molar-refractivity contribution in [2.45, 2.75) is 38.1 Å². The van der Waals surface area contributed by atoms with Gasteiger partial charge in [0.2, 0.25) is 0 Å². The fraction of sp³-hybridized carbons (Fsp3) is 0.440. The van der Waals surface area contributed by atoms with Gasteiger partial charge in [-0.3, -0.25) is 4.79 Å². The van der Waals surface area contributed by atoms with Crippen molar-refractivity contribution in [3.63, 3.8) is 0 Å². The summed E-state index contributed by atoms with van der Waals surface area (Å²) < 4.78 is 5.17. The Balaban J connectivity index is 0.00000233. The highest BCUT2D eigenvalue weighted by Crippen LogP contribution is 2.35. The number of ether oxygens (including phenoxy) is 1. The topological polar surface area (TPSA) is 61.9 Å². The molecule has 1 aliphatic rings. The molecule has 6 heteroatoms. The van der Waals surface area contributed by atoms with E-state index in [1.54, 1.807) is 12.2 Å². The molecular formula is C25H37N3O3. The molecule has 0 aromatic heterocycles. The van der Waals surface area contributed by atoms with Crippen LogP contribution in [0.4, 0.5) is 0 Å². The number of carbonyl (C=O) groups is 2. The number of benzene rings is 1. The number of nitrogens with one attached hydrogen (secondary N) is 1. The number of amides is 1. The normalized spacial score (nSPS) is 16.3. The number of hydrogen-bond donors (Lipinski definition) is 1. The van der Waals surface area contributed by atoms with E-state index in [1.165, 1.54) is 12.7 Å². The molecule has 0 bridgehead atoms. The predicted octanol–water partition coefficient (Wildman–Crippen LogP) is 3.48. The lowest BCUT2D eigenvalue weighted by molar-refractivity contribution is -0.118. The average Bonchev–Trinajstić information content (AvgIpc) is 2.82. The summed E-state index contributed by atoms with van der Waals surface area (Å²) in [4.78, 5) is 20.8. The number of methoxy groups -OCH3 is 1. The van der Waals surface area contributed by atoms with Gasteiger partial charge in [0.15, 0.2) is 0 Å². The summed E-state index contributed by atoms with van der Waals surface area (Å²) in [5.41, 5.74) is 1.58. The van der Waals surface area contributed by atoms with E-state index in [-0.39, 0.29) is 11.3 Å². The second kappa shape index (κ2) is 12.9. The summed E-state index contributed by atoms with van der Waals surface area (Å²) in [7, 11) is 3.66. The molecule has 0 saturated carbocycles. The molecule has 31 heavy (non-hydrogen) atoms. The van der Waals surface area contributed by atoms with E-state index in [0.717, 1.165) is 25.9 Å². The summed E-state index contributed by atoms with van der Waals surface area (Å²) in [5, 5.41) is 7.84. The maximum atomic E-state index is 12.8. The Morgan fingerprint density at radius 2 is 1.84 bits per heavy atom. The first kappa shape index (κ1) is 26.3. The van der Waals surface area contributed by atoms with E-state index in [1.807, 2.05) is 12.9 Å². The monoisotopic (exact) mass is 427 g/mol. The summed E-state index contributed by atoms with van der Waals surface area (Å²) in [6.07, 6.45) is 5.16. The van der Waals surface area contributed by atoms with E-state index in [9.17, 15) is 4.79 Å². The lowest BCUT2D eigenvalue weighted by atomic mass is 9.73. The lowest BCUT2D eigenvalue weighted by Gasteiger charge is -2.46. The van der Waals surface area contributed by atoms with E-state index in [4.69, 9.17) is 9.53 Å². The highest BCUT2D eigenvalue weighted by atomic mass is 16.5. The Hall–Kier alpha value is -2.70. The Kier molecular flexibility index (Phi) is 10.9. The third-order valence-electron chi connectivity index (χ3n) is 5.94. The first-order valence-electron chi connectivity index (χ1n) is 10.5. The van der Waals surface area contributed by atoms with Crippen molar-refractivity contribution < 1.29 is 14.3 Å². The van der Waals surface area contributed by atoms with Gasteiger partial charge in [-0.15, -0.1) is 0 Å². The van der Waals surface area contributed by atoms with E-state index in [2.05, 4.69) is 73.7 Å². The Labute approximate surface area is 187 Å². The van der Waals surface area contributed by atoms with Crippen LogP contribution in [0.5, 0.6) is 0 Å². The van der Waals surface area contributed by atoms with Gasteiger partial charge < -0.3 is 14.8 Å². The molecule has 0 atom stereocenters. The Morgan fingerprint density at radius 1 is 1.26 bits per heavy atom. The summed E-state index contributed by atoms with van der Waals surface area (Å²) >= 11 is 0. The van der Waals surface area contributed by atoms with Crippen LogP contribution in [0.25, 0.3) is 0 Å². The van der Waals surface area contributed by atoms with Crippen LogP contribution in [-0.4, -0.2) is 62.5 Å². The smallest absolute Gasteiger partial charge is 0.255 e. The van der Waals surface area contributed by atoms with Crippen LogP contribution >= 0.6 is 0 Å². The number of piperidine rings is 1. The van der Waals surface area contributed by atoms with Crippen LogP contribution in [-0.2, 0) is 19.7 Å². The highest BCUT2D eigenvalue weighted by molar-refractivity contribution is 5.97. The molecule has 0 unspecified atom stereocenters. The molecular weight excluding hydrogens is 390 g/mol. The van der Waals surface area contributed by atoms with Crippen LogP contribution in [0.15, 0.2) is 67.0 Å². The zero-order valence-corrected chi connectivity index (χ0v) is 19.4. The minimum atomic E-state index is -0.186. The fourth-order valence-corrected chi connectivity index (χ4v) is 3.79. The Morgan fingerprint density at radius 3 is 2.32 bits per heavy atom. The minimum absolute atomic E-state index is 0.0983. The van der Waals surface area contributed by atoms with Crippen LogP contribution in [0.1, 0.15) is 32.3 Å². The maximum Gasteiger partial charge on any atom is 0.255 e. The summed E-state index contributed by atoms with van der Waals surface area (Å²) in [6.45, 7) is 16.4. The van der Waals surface area contributed by atoms with Gasteiger partial charge in [0.25, 0.3) is 5.91 Å². The molecule has 1 aliphatic heterocycles. The van der Waals surface area contributed by atoms with Crippen molar-refractivity contribution in [3.8, 4) is 0 Å². The largest absolute Gasteiger partial charge is 0.497 e. The standard InChI is InChI=1S/C24H35N3O2.CH2O/c1-7-11-22(20(4)29-6)23(28)25-18-24(21-12-9-8-10-13-21)14-16-27(17-15-24)26(5)19(2)3;1-2/h7-13,19H,1,4,14-18H2,2-3,5-6H3,(H,25,28);1H2/b22-11+;. The molecule has 1 amide bonds. The number of nitrogens with zero attached hydrogens (tertiary/aromatic N) is 2. The second-order valence-electron chi connectivity index (χ2n) is 7.89. The number of allylic oxidation sites excluding steroid dienone is 2. The molecule has 6 nitrogen and oxygen atoms in total. The third-order valence-corrected chi connectivity index (χ3v) is 5.94. The van der Waals surface area contributed by atoms with Crippen LogP contribution in [0.3, 0.4) is 0 Å². The van der Waals surface area contributed by atoms with Crippen molar-refractivity contribution >= 4 is 12.7 Å². The molecule has 2 rings (SSSR count). The van der Waals surface area contributed by atoms with Gasteiger partial charge in [0.05, 0.1) is 12.7 Å². The molecule has 1 fully saturated rings. The van der Waals surface area contributed by atoms with Crippen LogP contribution in [0, 0.1) is 0 Å². The number of hydrogen-bond acceptors (Lipinski definition) is 5. The fourth-order valence-electron chi connectivity index (χ4n) is 3.79. The van der Waals surface area contributed by atoms with Crippen LogP contribution < -0.4 is 5.32 Å². The zero-order valence-electron chi connectivity index (χ0n) is 19.4. The lowest BCUT2D eigenvalue weighted by Crippen LogP contribution is -2.54. The van der Waals surface area contributed by atoms with Gasteiger partial charge in [-0.05, 0) is 38.3 Å². The molecule has 0 aliphatic carbocycles. The zero-order chi connectivity index (χ0) is 23.4. The van der Waals surface area contributed by atoms with Crippen molar-refractivity contribution in [2.75, 3.05) is 33.8 Å². The first-order chi connectivity index (χ1) is 14.8. The number of hydrazine groups is 1. The summed E-state index contributed by atoms with van der Waals surface area (Å²) in [5.74, 6) is 0.151. The van der Waals surface area contributed by atoms with Gasteiger partial charge in [-0.2, -0.15) is 0 Å². The molecule has 1 saturated heterocycles. The Bertz CT molecular complexity index is 751. The SMILES string of the molecule is C=C/C=C(\C(=C)OC)C(=O)NCC1(c2ccccc2)CCN(N(C)C(C)C)CC1.C=O. The quantitative estimate of drug-likeness (QED) is 0.371. The molecule has 1 aromatic rings. The molecule has 1 heterocycles. The first-order valence-corrected chi connectivity index (χ1v) is 10.5. The molecule has 1 aromatic carbocycles. The summed E-state index contributed by atoms with van der Waals surface area (Å²) in [6, 6.07) is 11.0.